The molecular formula is C17H27N5OS. The molecule has 0 aliphatic heterocycles. The second kappa shape index (κ2) is 9.03. The molecule has 2 rings (SSSR count). The Morgan fingerprint density at radius 1 is 1.38 bits per heavy atom. The average Bonchev–Trinajstić information content (AvgIpc) is 3.21. The largest absolute Gasteiger partial charge is 0.359 e. The topological polar surface area (TPSA) is 66.8 Å². The first-order chi connectivity index (χ1) is 11.6. The van der Waals surface area contributed by atoms with E-state index in [-0.39, 0.29) is 11.8 Å². The number of ketones is 1. The van der Waals surface area contributed by atoms with Gasteiger partial charge in [0.1, 0.15) is 0 Å². The minimum atomic E-state index is 0.0799. The molecule has 2 aromatic heterocycles. The number of Topliss-reactive ketones (excluding diaryl/α,β-unsaturated/α-hetero) is 1. The van der Waals surface area contributed by atoms with E-state index in [9.17, 15) is 4.79 Å². The lowest BCUT2D eigenvalue weighted by molar-refractivity contribution is 0.101. The van der Waals surface area contributed by atoms with E-state index in [1.54, 1.807) is 12.3 Å². The molecule has 0 bridgehead atoms. The van der Waals surface area contributed by atoms with Crippen LogP contribution in [0.3, 0.4) is 0 Å². The molecule has 0 saturated carbocycles. The third kappa shape index (κ3) is 4.48. The summed E-state index contributed by atoms with van der Waals surface area (Å²) in [7, 11) is 4.13. The normalized spacial score (nSPS) is 12.7. The van der Waals surface area contributed by atoms with Gasteiger partial charge in [-0.1, -0.05) is 32.0 Å². The fraction of sp³-hybridized carbons (Fsp3) is 0.588. The number of nitrogens with zero attached hydrogens (tertiary/aromatic N) is 4. The standard InChI is InChI=1S/C17H27N5OS/c1-5-7-11-22-16(14(6-2)21(3)4)19-20-17(22)24-12-15(23)13-9-8-10-18-13/h8-10,14,18H,5-7,11-12H2,1-4H3/t14-/m1/s1. The van der Waals surface area contributed by atoms with E-state index < -0.39 is 0 Å². The van der Waals surface area contributed by atoms with Crippen LogP contribution in [0.5, 0.6) is 0 Å². The molecule has 0 saturated heterocycles. The molecule has 0 spiro atoms. The van der Waals surface area contributed by atoms with Crippen LogP contribution in [-0.4, -0.2) is 50.3 Å². The van der Waals surface area contributed by atoms with Gasteiger partial charge >= 0.3 is 0 Å². The predicted octanol–water partition coefficient (Wildman–Crippen LogP) is 3.39. The molecule has 0 aromatic carbocycles. The van der Waals surface area contributed by atoms with E-state index in [2.05, 4.69) is 52.6 Å². The van der Waals surface area contributed by atoms with Crippen molar-refractivity contribution in [1.82, 2.24) is 24.6 Å². The highest BCUT2D eigenvalue weighted by atomic mass is 32.2. The van der Waals surface area contributed by atoms with E-state index >= 15 is 0 Å². The highest BCUT2D eigenvalue weighted by Gasteiger charge is 2.22. The van der Waals surface area contributed by atoms with Gasteiger partial charge < -0.3 is 9.55 Å². The fourth-order valence-corrected chi connectivity index (χ4v) is 3.52. The second-order valence-corrected chi connectivity index (χ2v) is 6.97. The molecule has 6 nitrogen and oxygen atoms in total. The number of aromatic amines is 1. The van der Waals surface area contributed by atoms with Gasteiger partial charge in [-0.3, -0.25) is 9.69 Å². The van der Waals surface area contributed by atoms with Gasteiger partial charge in [0.2, 0.25) is 0 Å². The Kier molecular flexibility index (Phi) is 7.05. The number of thioether (sulfide) groups is 1. The summed E-state index contributed by atoms with van der Waals surface area (Å²) in [6.45, 7) is 5.22. The summed E-state index contributed by atoms with van der Waals surface area (Å²) in [5.41, 5.74) is 0.641. The summed E-state index contributed by atoms with van der Waals surface area (Å²) < 4.78 is 2.18. The SMILES string of the molecule is CCCCn1c(SCC(=O)c2ccc[nH]2)nnc1[C@@H](CC)N(C)C. The molecule has 2 aromatic rings. The lowest BCUT2D eigenvalue weighted by Crippen LogP contribution is -2.23. The second-order valence-electron chi connectivity index (χ2n) is 6.03. The van der Waals surface area contributed by atoms with Crippen molar-refractivity contribution in [3.63, 3.8) is 0 Å². The van der Waals surface area contributed by atoms with Crippen molar-refractivity contribution >= 4 is 17.5 Å². The first-order valence-corrected chi connectivity index (χ1v) is 9.45. The minimum Gasteiger partial charge on any atom is -0.359 e. The molecule has 2 heterocycles. The predicted molar refractivity (Wildman–Crippen MR) is 97.5 cm³/mol. The molecule has 0 aliphatic rings. The summed E-state index contributed by atoms with van der Waals surface area (Å²) in [5, 5.41) is 9.63. The highest BCUT2D eigenvalue weighted by Crippen LogP contribution is 2.26. The van der Waals surface area contributed by atoms with Crippen LogP contribution in [0, 0.1) is 0 Å². The molecule has 0 aliphatic carbocycles. The molecule has 0 fully saturated rings. The lowest BCUT2D eigenvalue weighted by atomic mass is 10.2. The third-order valence-electron chi connectivity index (χ3n) is 4.02. The number of H-pyrrole nitrogens is 1. The van der Waals surface area contributed by atoms with E-state index in [0.29, 0.717) is 11.4 Å². The quantitative estimate of drug-likeness (QED) is 0.526. The maximum Gasteiger partial charge on any atom is 0.191 e. The first-order valence-electron chi connectivity index (χ1n) is 8.47. The zero-order valence-corrected chi connectivity index (χ0v) is 15.8. The Morgan fingerprint density at radius 3 is 2.75 bits per heavy atom. The maximum atomic E-state index is 12.2. The molecule has 0 unspecified atom stereocenters. The zero-order chi connectivity index (χ0) is 17.5. The monoisotopic (exact) mass is 349 g/mol. The van der Waals surface area contributed by atoms with Crippen LogP contribution in [0.15, 0.2) is 23.5 Å². The molecule has 0 radical (unpaired) electrons. The molecule has 1 N–H and O–H groups in total. The number of carbonyl (C=O) groups is 1. The van der Waals surface area contributed by atoms with Gasteiger partial charge in [0.25, 0.3) is 0 Å². The summed E-state index contributed by atoms with van der Waals surface area (Å²) in [6, 6.07) is 3.88. The Hall–Kier alpha value is -1.60. The number of aromatic nitrogens is 4. The number of nitrogens with one attached hydrogen (secondary N) is 1. The maximum absolute atomic E-state index is 12.2. The van der Waals surface area contributed by atoms with Crippen molar-refractivity contribution in [1.29, 1.82) is 0 Å². The van der Waals surface area contributed by atoms with Crippen molar-refractivity contribution in [2.75, 3.05) is 19.8 Å². The summed E-state index contributed by atoms with van der Waals surface area (Å²) in [5.74, 6) is 1.44. The Balaban J connectivity index is 2.16. The van der Waals surface area contributed by atoms with Crippen LogP contribution in [-0.2, 0) is 6.54 Å². The van der Waals surface area contributed by atoms with Crippen molar-refractivity contribution in [2.24, 2.45) is 0 Å². The van der Waals surface area contributed by atoms with Crippen molar-refractivity contribution in [3.8, 4) is 0 Å². The highest BCUT2D eigenvalue weighted by molar-refractivity contribution is 7.99. The Bertz CT molecular complexity index is 635. The summed E-state index contributed by atoms with van der Waals surface area (Å²) in [4.78, 5) is 17.3. The van der Waals surface area contributed by atoms with Crippen molar-refractivity contribution in [2.45, 2.75) is 50.9 Å². The van der Waals surface area contributed by atoms with E-state index in [1.807, 2.05) is 6.07 Å². The molecular weight excluding hydrogens is 322 g/mol. The van der Waals surface area contributed by atoms with Gasteiger partial charge in [0.15, 0.2) is 16.8 Å². The zero-order valence-electron chi connectivity index (χ0n) is 15.0. The third-order valence-corrected chi connectivity index (χ3v) is 4.99. The van der Waals surface area contributed by atoms with Crippen molar-refractivity contribution < 1.29 is 4.79 Å². The molecule has 7 heteroatoms. The van der Waals surface area contributed by atoms with Crippen LogP contribution in [0.2, 0.25) is 0 Å². The Morgan fingerprint density at radius 2 is 2.17 bits per heavy atom. The van der Waals surface area contributed by atoms with E-state index in [0.717, 1.165) is 36.8 Å². The fourth-order valence-electron chi connectivity index (χ4n) is 2.67. The molecule has 132 valence electrons. The van der Waals surface area contributed by atoms with E-state index in [1.165, 1.54) is 11.8 Å². The minimum absolute atomic E-state index is 0.0799. The average molecular weight is 350 g/mol. The van der Waals surface area contributed by atoms with Crippen LogP contribution in [0.25, 0.3) is 0 Å². The Labute approximate surface area is 148 Å². The molecule has 0 amide bonds. The van der Waals surface area contributed by atoms with Crippen LogP contribution in [0.4, 0.5) is 0 Å². The molecule has 1 atom stereocenters. The smallest absolute Gasteiger partial charge is 0.191 e. The van der Waals surface area contributed by atoms with Gasteiger partial charge in [0.05, 0.1) is 17.5 Å². The number of rotatable bonds is 10. The van der Waals surface area contributed by atoms with Gasteiger partial charge in [0, 0.05) is 12.7 Å². The molecule has 24 heavy (non-hydrogen) atoms. The van der Waals surface area contributed by atoms with Crippen LogP contribution < -0.4 is 0 Å². The van der Waals surface area contributed by atoms with Gasteiger partial charge in [-0.05, 0) is 39.1 Å². The number of unbranched alkanes of at least 4 members (excludes halogenated alkanes) is 1. The summed E-state index contributed by atoms with van der Waals surface area (Å²) >= 11 is 1.47. The number of hydrogen-bond donors (Lipinski definition) is 1. The van der Waals surface area contributed by atoms with Crippen LogP contribution >= 0.6 is 11.8 Å². The first kappa shape index (κ1) is 18.7. The van der Waals surface area contributed by atoms with Gasteiger partial charge in [-0.25, -0.2) is 0 Å². The number of carbonyl (C=O) groups excluding carboxylic acids is 1. The van der Waals surface area contributed by atoms with Gasteiger partial charge in [-0.2, -0.15) is 0 Å². The van der Waals surface area contributed by atoms with Gasteiger partial charge in [-0.15, -0.1) is 10.2 Å². The van der Waals surface area contributed by atoms with E-state index in [4.69, 9.17) is 0 Å². The summed E-state index contributed by atoms with van der Waals surface area (Å²) in [6.07, 6.45) is 4.93. The van der Waals surface area contributed by atoms with Crippen molar-refractivity contribution in [3.05, 3.63) is 29.8 Å². The number of hydrogen-bond acceptors (Lipinski definition) is 5. The lowest BCUT2D eigenvalue weighted by Gasteiger charge is -2.23. The van der Waals surface area contributed by atoms with Crippen LogP contribution in [0.1, 0.15) is 55.5 Å².